The maximum absolute atomic E-state index is 5.84. The summed E-state index contributed by atoms with van der Waals surface area (Å²) in [6, 6.07) is 9.95. The Morgan fingerprint density at radius 2 is 2.00 bits per heavy atom. The summed E-state index contributed by atoms with van der Waals surface area (Å²) in [5.74, 6) is 1.42. The van der Waals surface area contributed by atoms with Crippen LogP contribution in [0.4, 0.5) is 0 Å². The van der Waals surface area contributed by atoms with Crippen LogP contribution in [0.2, 0.25) is 5.15 Å². The molecule has 100 valence electrons. The van der Waals surface area contributed by atoms with Crippen LogP contribution >= 0.6 is 11.6 Å². The Kier molecular flexibility index (Phi) is 4.43. The summed E-state index contributed by atoms with van der Waals surface area (Å²) in [5, 5.41) is 0.493. The molecule has 1 aromatic carbocycles. The molecule has 2 aromatic rings. The van der Waals surface area contributed by atoms with E-state index in [4.69, 9.17) is 16.3 Å². The smallest absolute Gasteiger partial charge is 0.129 e. The minimum Gasteiger partial charge on any atom is -0.489 e. The summed E-state index contributed by atoms with van der Waals surface area (Å²) in [4.78, 5) is 3.95. The predicted octanol–water partition coefficient (Wildman–Crippen LogP) is 4.75. The highest BCUT2D eigenvalue weighted by molar-refractivity contribution is 6.29. The van der Waals surface area contributed by atoms with E-state index < -0.39 is 0 Å². The Bertz CT molecular complexity index is 566. The van der Waals surface area contributed by atoms with Crippen molar-refractivity contribution in [3.8, 4) is 5.75 Å². The largest absolute Gasteiger partial charge is 0.489 e. The molecule has 0 atom stereocenters. The Morgan fingerprint density at radius 1 is 1.21 bits per heavy atom. The van der Waals surface area contributed by atoms with Crippen molar-refractivity contribution >= 4 is 11.6 Å². The molecule has 0 radical (unpaired) electrons. The van der Waals surface area contributed by atoms with Crippen molar-refractivity contribution in [1.82, 2.24) is 4.98 Å². The summed E-state index contributed by atoms with van der Waals surface area (Å²) in [5.41, 5.74) is 3.64. The van der Waals surface area contributed by atoms with Crippen LogP contribution in [-0.4, -0.2) is 4.98 Å². The Hall–Kier alpha value is -1.54. The van der Waals surface area contributed by atoms with Gasteiger partial charge in [-0.15, -0.1) is 0 Å². The van der Waals surface area contributed by atoms with E-state index in [0.717, 1.165) is 11.3 Å². The molecule has 0 amide bonds. The molecule has 0 saturated carbocycles. The number of ether oxygens (including phenoxy) is 1. The van der Waals surface area contributed by atoms with Gasteiger partial charge in [0.05, 0.1) is 0 Å². The lowest BCUT2D eigenvalue weighted by Crippen LogP contribution is -1.98. The zero-order chi connectivity index (χ0) is 13.8. The Labute approximate surface area is 119 Å². The second kappa shape index (κ2) is 6.07. The van der Waals surface area contributed by atoms with E-state index in [2.05, 4.69) is 37.9 Å². The molecule has 0 aliphatic carbocycles. The van der Waals surface area contributed by atoms with Gasteiger partial charge in [0.2, 0.25) is 0 Å². The number of halogens is 1. The van der Waals surface area contributed by atoms with Crippen molar-refractivity contribution < 1.29 is 4.74 Å². The van der Waals surface area contributed by atoms with Crippen molar-refractivity contribution in [2.75, 3.05) is 0 Å². The Balaban J connectivity index is 2.06. The van der Waals surface area contributed by atoms with E-state index in [9.17, 15) is 0 Å². The molecule has 0 saturated heterocycles. The minimum absolute atomic E-state index is 0.493. The lowest BCUT2D eigenvalue weighted by molar-refractivity contribution is 0.306. The van der Waals surface area contributed by atoms with E-state index in [0.29, 0.717) is 17.7 Å². The third-order valence-electron chi connectivity index (χ3n) is 3.06. The van der Waals surface area contributed by atoms with E-state index in [1.54, 1.807) is 6.20 Å². The van der Waals surface area contributed by atoms with E-state index >= 15 is 0 Å². The van der Waals surface area contributed by atoms with Crippen LogP contribution in [-0.2, 0) is 6.61 Å². The second-order valence-corrected chi connectivity index (χ2v) is 5.34. The number of pyridine rings is 1. The lowest BCUT2D eigenvalue weighted by Gasteiger charge is -2.12. The quantitative estimate of drug-likeness (QED) is 0.752. The van der Waals surface area contributed by atoms with Crippen LogP contribution < -0.4 is 4.74 Å². The van der Waals surface area contributed by atoms with Crippen LogP contribution in [0.15, 0.2) is 36.5 Å². The molecule has 1 heterocycles. The maximum atomic E-state index is 5.84. The van der Waals surface area contributed by atoms with Gasteiger partial charge in [-0.05, 0) is 53.8 Å². The van der Waals surface area contributed by atoms with Crippen LogP contribution in [0.3, 0.4) is 0 Å². The molecule has 0 aliphatic heterocycles. The van der Waals surface area contributed by atoms with Crippen LogP contribution in [0, 0.1) is 6.92 Å². The van der Waals surface area contributed by atoms with Gasteiger partial charge in [0.1, 0.15) is 17.5 Å². The van der Waals surface area contributed by atoms with Gasteiger partial charge in [-0.25, -0.2) is 4.98 Å². The molecule has 0 unspecified atom stereocenters. The van der Waals surface area contributed by atoms with Gasteiger partial charge in [-0.2, -0.15) is 0 Å². The van der Waals surface area contributed by atoms with E-state index in [1.165, 1.54) is 11.1 Å². The highest BCUT2D eigenvalue weighted by Gasteiger charge is 2.05. The fraction of sp³-hybridized carbons (Fsp3) is 0.312. The van der Waals surface area contributed by atoms with Crippen molar-refractivity contribution in [3.05, 3.63) is 58.4 Å². The number of nitrogens with zero attached hydrogens (tertiary/aromatic N) is 1. The van der Waals surface area contributed by atoms with Gasteiger partial charge in [0, 0.05) is 6.20 Å². The van der Waals surface area contributed by atoms with Gasteiger partial charge in [-0.1, -0.05) is 31.5 Å². The monoisotopic (exact) mass is 275 g/mol. The first kappa shape index (κ1) is 13.9. The highest BCUT2D eigenvalue weighted by Crippen LogP contribution is 2.24. The molecule has 0 fully saturated rings. The maximum Gasteiger partial charge on any atom is 0.129 e. The molecule has 1 aromatic heterocycles. The summed E-state index contributed by atoms with van der Waals surface area (Å²) < 4.78 is 5.78. The minimum atomic E-state index is 0.493. The molecule has 2 nitrogen and oxygen atoms in total. The third-order valence-corrected chi connectivity index (χ3v) is 3.27. The normalized spacial score (nSPS) is 10.8. The summed E-state index contributed by atoms with van der Waals surface area (Å²) in [6.07, 6.45) is 1.69. The van der Waals surface area contributed by atoms with Crippen molar-refractivity contribution in [2.45, 2.75) is 33.3 Å². The number of aryl methyl sites for hydroxylation is 1. The average molecular weight is 276 g/mol. The standard InChI is InChI=1S/C16H18ClNO/c1-11(2)15-5-4-14(8-12(15)3)19-10-13-6-7-18-16(17)9-13/h4-9,11H,10H2,1-3H3. The molecule has 0 aliphatic rings. The second-order valence-electron chi connectivity index (χ2n) is 4.95. The summed E-state index contributed by atoms with van der Waals surface area (Å²) in [7, 11) is 0. The van der Waals surface area contributed by atoms with Gasteiger partial charge >= 0.3 is 0 Å². The summed E-state index contributed by atoms with van der Waals surface area (Å²) >= 11 is 5.84. The molecule has 3 heteroatoms. The predicted molar refractivity (Wildman–Crippen MR) is 78.8 cm³/mol. The van der Waals surface area contributed by atoms with Gasteiger partial charge in [0.25, 0.3) is 0 Å². The van der Waals surface area contributed by atoms with Gasteiger partial charge in [-0.3, -0.25) is 0 Å². The highest BCUT2D eigenvalue weighted by atomic mass is 35.5. The van der Waals surface area contributed by atoms with Gasteiger partial charge < -0.3 is 4.74 Å². The van der Waals surface area contributed by atoms with Crippen molar-refractivity contribution in [2.24, 2.45) is 0 Å². The first-order valence-electron chi connectivity index (χ1n) is 6.40. The third kappa shape index (κ3) is 3.71. The Morgan fingerprint density at radius 3 is 2.63 bits per heavy atom. The SMILES string of the molecule is Cc1cc(OCc2ccnc(Cl)c2)ccc1C(C)C. The topological polar surface area (TPSA) is 22.1 Å². The molecular weight excluding hydrogens is 258 g/mol. The van der Waals surface area contributed by atoms with Crippen LogP contribution in [0.25, 0.3) is 0 Å². The molecule has 19 heavy (non-hydrogen) atoms. The molecule has 0 bridgehead atoms. The first-order valence-corrected chi connectivity index (χ1v) is 6.78. The zero-order valence-corrected chi connectivity index (χ0v) is 12.2. The fourth-order valence-corrected chi connectivity index (χ4v) is 2.28. The number of benzene rings is 1. The van der Waals surface area contributed by atoms with Crippen LogP contribution in [0.5, 0.6) is 5.75 Å². The van der Waals surface area contributed by atoms with E-state index in [1.807, 2.05) is 18.2 Å². The lowest BCUT2D eigenvalue weighted by atomic mass is 9.98. The fourth-order valence-electron chi connectivity index (χ4n) is 2.08. The van der Waals surface area contributed by atoms with Crippen LogP contribution in [0.1, 0.15) is 36.5 Å². The number of aromatic nitrogens is 1. The first-order chi connectivity index (χ1) is 9.06. The zero-order valence-electron chi connectivity index (χ0n) is 11.5. The van der Waals surface area contributed by atoms with Crippen molar-refractivity contribution in [3.63, 3.8) is 0 Å². The van der Waals surface area contributed by atoms with Crippen molar-refractivity contribution in [1.29, 1.82) is 0 Å². The molecular formula is C16H18ClNO. The number of rotatable bonds is 4. The summed E-state index contributed by atoms with van der Waals surface area (Å²) in [6.45, 7) is 7.01. The number of hydrogen-bond donors (Lipinski definition) is 0. The average Bonchev–Trinajstić information content (AvgIpc) is 2.36. The number of hydrogen-bond acceptors (Lipinski definition) is 2. The van der Waals surface area contributed by atoms with E-state index in [-0.39, 0.29) is 0 Å². The molecule has 2 rings (SSSR count). The van der Waals surface area contributed by atoms with Gasteiger partial charge in [0.15, 0.2) is 0 Å². The molecule has 0 N–H and O–H groups in total. The molecule has 0 spiro atoms.